The van der Waals surface area contributed by atoms with Crippen LogP contribution in [0.4, 0.5) is 0 Å². The number of aliphatic hydroxyl groups is 1. The highest BCUT2D eigenvalue weighted by Gasteiger charge is 2.01. The molecular weight excluding hydrogens is 226 g/mol. The Morgan fingerprint density at radius 2 is 2.19 bits per heavy atom. The highest BCUT2D eigenvalue weighted by atomic mass is 35.5. The Morgan fingerprint density at radius 3 is 2.81 bits per heavy atom. The van der Waals surface area contributed by atoms with Crippen molar-refractivity contribution in [3.05, 3.63) is 28.8 Å². The molecule has 1 unspecified atom stereocenters. The van der Waals surface area contributed by atoms with Crippen molar-refractivity contribution in [3.8, 4) is 5.75 Å². The van der Waals surface area contributed by atoms with Crippen molar-refractivity contribution in [3.63, 3.8) is 0 Å². The number of phenols is 1. The van der Waals surface area contributed by atoms with Crippen LogP contribution in [0.25, 0.3) is 0 Å². The number of rotatable bonds is 6. The van der Waals surface area contributed by atoms with Gasteiger partial charge in [0.2, 0.25) is 0 Å². The molecule has 0 aliphatic carbocycles. The van der Waals surface area contributed by atoms with Gasteiger partial charge >= 0.3 is 0 Å². The summed E-state index contributed by atoms with van der Waals surface area (Å²) in [6, 6.07) is 5.14. The van der Waals surface area contributed by atoms with Crippen LogP contribution in [-0.4, -0.2) is 22.9 Å². The Labute approximate surface area is 101 Å². The molecule has 0 fully saturated rings. The summed E-state index contributed by atoms with van der Waals surface area (Å²) in [5.74, 6) is 0.104. The van der Waals surface area contributed by atoms with Crippen LogP contribution in [-0.2, 0) is 6.54 Å². The number of benzene rings is 1. The maximum atomic E-state index is 9.34. The van der Waals surface area contributed by atoms with Crippen molar-refractivity contribution in [1.82, 2.24) is 5.32 Å². The van der Waals surface area contributed by atoms with E-state index in [1.807, 2.05) is 13.0 Å². The van der Waals surface area contributed by atoms with Gasteiger partial charge in [0, 0.05) is 6.54 Å². The predicted molar refractivity (Wildman–Crippen MR) is 65.7 cm³/mol. The van der Waals surface area contributed by atoms with Crippen LogP contribution in [0.5, 0.6) is 5.75 Å². The summed E-state index contributed by atoms with van der Waals surface area (Å²) < 4.78 is 0. The summed E-state index contributed by atoms with van der Waals surface area (Å²) in [6.45, 7) is 3.42. The first kappa shape index (κ1) is 13.3. The third kappa shape index (κ3) is 4.39. The Morgan fingerprint density at radius 1 is 1.44 bits per heavy atom. The molecule has 3 nitrogen and oxygen atoms in total. The van der Waals surface area contributed by atoms with E-state index in [1.54, 1.807) is 12.1 Å². The fourth-order valence-corrected chi connectivity index (χ4v) is 1.57. The lowest BCUT2D eigenvalue weighted by atomic mass is 10.2. The molecule has 0 spiro atoms. The van der Waals surface area contributed by atoms with Crippen molar-refractivity contribution in [2.24, 2.45) is 0 Å². The number of hydrogen-bond acceptors (Lipinski definition) is 3. The van der Waals surface area contributed by atoms with E-state index in [0.29, 0.717) is 11.6 Å². The zero-order valence-electron chi connectivity index (χ0n) is 9.41. The molecule has 0 radical (unpaired) electrons. The topological polar surface area (TPSA) is 52.5 Å². The normalized spacial score (nSPS) is 12.7. The summed E-state index contributed by atoms with van der Waals surface area (Å²) >= 11 is 5.78. The Bertz CT molecular complexity index is 331. The van der Waals surface area contributed by atoms with Crippen LogP contribution in [0.1, 0.15) is 25.3 Å². The fourth-order valence-electron chi connectivity index (χ4n) is 1.37. The van der Waals surface area contributed by atoms with Crippen molar-refractivity contribution in [2.45, 2.75) is 32.4 Å². The molecule has 4 heteroatoms. The second-order valence-electron chi connectivity index (χ2n) is 3.81. The van der Waals surface area contributed by atoms with Crippen LogP contribution in [0, 0.1) is 0 Å². The summed E-state index contributed by atoms with van der Waals surface area (Å²) in [4.78, 5) is 0. The second kappa shape index (κ2) is 6.74. The average molecular weight is 244 g/mol. The van der Waals surface area contributed by atoms with Gasteiger partial charge in [0.25, 0.3) is 0 Å². The number of halogens is 1. The average Bonchev–Trinajstić information content (AvgIpc) is 2.28. The molecule has 0 heterocycles. The molecule has 0 saturated heterocycles. The quantitative estimate of drug-likeness (QED) is 0.672. The molecule has 0 amide bonds. The van der Waals surface area contributed by atoms with E-state index >= 15 is 0 Å². The van der Waals surface area contributed by atoms with Crippen molar-refractivity contribution >= 4 is 11.6 Å². The number of hydrogen-bond donors (Lipinski definition) is 3. The minimum Gasteiger partial charge on any atom is -0.506 e. The predicted octanol–water partition coefficient (Wildman–Crippen LogP) is 2.30. The Hall–Kier alpha value is -0.770. The number of nitrogens with one attached hydrogen (secondary N) is 1. The Kier molecular flexibility index (Phi) is 5.60. The zero-order chi connectivity index (χ0) is 12.0. The lowest BCUT2D eigenvalue weighted by Crippen LogP contribution is -2.19. The third-order valence-corrected chi connectivity index (χ3v) is 2.77. The Balaban J connectivity index is 2.29. The number of aromatic hydroxyl groups is 1. The molecule has 90 valence electrons. The van der Waals surface area contributed by atoms with E-state index in [1.165, 1.54) is 0 Å². The van der Waals surface area contributed by atoms with Gasteiger partial charge in [-0.05, 0) is 37.1 Å². The maximum Gasteiger partial charge on any atom is 0.134 e. The number of phenolic OH excluding ortho intramolecular Hbond substituents is 1. The molecule has 0 aromatic heterocycles. The molecule has 0 bridgehead atoms. The van der Waals surface area contributed by atoms with Crippen LogP contribution >= 0.6 is 11.6 Å². The van der Waals surface area contributed by atoms with Crippen molar-refractivity contribution in [1.29, 1.82) is 0 Å². The second-order valence-corrected chi connectivity index (χ2v) is 4.22. The molecular formula is C12H18ClNO2. The summed E-state index contributed by atoms with van der Waals surface area (Å²) in [5.41, 5.74) is 1.02. The molecule has 1 atom stereocenters. The summed E-state index contributed by atoms with van der Waals surface area (Å²) in [6.07, 6.45) is 1.31. The van der Waals surface area contributed by atoms with Gasteiger partial charge in [-0.15, -0.1) is 0 Å². The lowest BCUT2D eigenvalue weighted by Gasteiger charge is -2.09. The van der Waals surface area contributed by atoms with Crippen LogP contribution in [0.15, 0.2) is 18.2 Å². The minimum absolute atomic E-state index is 0.104. The summed E-state index contributed by atoms with van der Waals surface area (Å²) in [7, 11) is 0. The molecule has 1 rings (SSSR count). The van der Waals surface area contributed by atoms with Crippen molar-refractivity contribution in [2.75, 3.05) is 6.54 Å². The third-order valence-electron chi connectivity index (χ3n) is 2.47. The monoisotopic (exact) mass is 243 g/mol. The highest BCUT2D eigenvalue weighted by molar-refractivity contribution is 6.32. The van der Waals surface area contributed by atoms with E-state index in [0.717, 1.165) is 24.9 Å². The van der Waals surface area contributed by atoms with Gasteiger partial charge in [0.15, 0.2) is 0 Å². The van der Waals surface area contributed by atoms with E-state index in [2.05, 4.69) is 5.32 Å². The lowest BCUT2D eigenvalue weighted by molar-refractivity contribution is 0.159. The van der Waals surface area contributed by atoms with Gasteiger partial charge in [-0.3, -0.25) is 0 Å². The largest absolute Gasteiger partial charge is 0.506 e. The van der Waals surface area contributed by atoms with Gasteiger partial charge in [-0.25, -0.2) is 0 Å². The van der Waals surface area contributed by atoms with Crippen molar-refractivity contribution < 1.29 is 10.2 Å². The molecule has 0 aliphatic heterocycles. The smallest absolute Gasteiger partial charge is 0.134 e. The maximum absolute atomic E-state index is 9.34. The zero-order valence-corrected chi connectivity index (χ0v) is 10.2. The first-order chi connectivity index (χ1) is 7.63. The molecule has 0 saturated carbocycles. The van der Waals surface area contributed by atoms with E-state index in [-0.39, 0.29) is 11.9 Å². The first-order valence-corrected chi connectivity index (χ1v) is 5.87. The fraction of sp³-hybridized carbons (Fsp3) is 0.500. The molecule has 0 aliphatic rings. The molecule has 1 aromatic rings. The molecule has 1 aromatic carbocycles. The van der Waals surface area contributed by atoms with Gasteiger partial charge in [-0.1, -0.05) is 24.6 Å². The number of aliphatic hydroxyl groups excluding tert-OH is 1. The van der Waals surface area contributed by atoms with Gasteiger partial charge in [0.1, 0.15) is 5.75 Å². The van der Waals surface area contributed by atoms with Gasteiger partial charge in [-0.2, -0.15) is 0 Å². The summed E-state index contributed by atoms with van der Waals surface area (Å²) in [5, 5.41) is 22.2. The van der Waals surface area contributed by atoms with Crippen LogP contribution < -0.4 is 5.32 Å². The molecule has 16 heavy (non-hydrogen) atoms. The van der Waals surface area contributed by atoms with Crippen LogP contribution in [0.3, 0.4) is 0 Å². The SMILES string of the molecule is CCC(O)CCNCc1ccc(O)c(Cl)c1. The minimum atomic E-state index is -0.226. The van der Waals surface area contributed by atoms with E-state index < -0.39 is 0 Å². The molecule has 3 N–H and O–H groups in total. The van der Waals surface area contributed by atoms with Gasteiger partial charge in [0.05, 0.1) is 11.1 Å². The highest BCUT2D eigenvalue weighted by Crippen LogP contribution is 2.23. The van der Waals surface area contributed by atoms with Gasteiger partial charge < -0.3 is 15.5 Å². The van der Waals surface area contributed by atoms with Crippen LogP contribution in [0.2, 0.25) is 5.02 Å². The first-order valence-electron chi connectivity index (χ1n) is 5.49. The van der Waals surface area contributed by atoms with E-state index in [9.17, 15) is 10.2 Å². The van der Waals surface area contributed by atoms with E-state index in [4.69, 9.17) is 11.6 Å². The standard InChI is InChI=1S/C12H18ClNO2/c1-2-10(15)5-6-14-8-9-3-4-12(16)11(13)7-9/h3-4,7,10,14-16H,2,5-6,8H2,1H3.